The van der Waals surface area contributed by atoms with E-state index in [1.165, 1.54) is 6.26 Å². The number of halogens is 2. The van der Waals surface area contributed by atoms with Crippen LogP contribution in [0.1, 0.15) is 31.1 Å². The van der Waals surface area contributed by atoms with Crippen LogP contribution in [0.5, 0.6) is 0 Å². The smallest absolute Gasteiger partial charge is 0.149 e. The van der Waals surface area contributed by atoms with Crippen LogP contribution in [0, 0.1) is 3.57 Å². The van der Waals surface area contributed by atoms with Gasteiger partial charge in [-0.25, -0.2) is 13.4 Å². The third-order valence-corrected chi connectivity index (χ3v) is 4.97. The maximum atomic E-state index is 11.5. The molecule has 0 radical (unpaired) electrons. The van der Waals surface area contributed by atoms with Crippen molar-refractivity contribution in [3.05, 3.63) is 27.6 Å². The number of rotatable bonds is 4. The van der Waals surface area contributed by atoms with Crippen LogP contribution in [0.25, 0.3) is 11.0 Å². The van der Waals surface area contributed by atoms with Crippen molar-refractivity contribution >= 4 is 55.1 Å². The van der Waals surface area contributed by atoms with Crippen molar-refractivity contribution in [2.24, 2.45) is 0 Å². The van der Waals surface area contributed by atoms with Gasteiger partial charge in [-0.1, -0.05) is 0 Å². The molecular weight excluding hydrogens is 411 g/mol. The van der Waals surface area contributed by atoms with E-state index >= 15 is 0 Å². The van der Waals surface area contributed by atoms with Crippen LogP contribution in [0.15, 0.2) is 18.2 Å². The van der Waals surface area contributed by atoms with E-state index in [1.54, 1.807) is 0 Å². The molecule has 20 heavy (non-hydrogen) atoms. The number of hydrogen-bond acceptors (Lipinski definition) is 3. The van der Waals surface area contributed by atoms with Crippen molar-refractivity contribution in [2.45, 2.75) is 25.3 Å². The van der Waals surface area contributed by atoms with E-state index in [-0.39, 0.29) is 17.2 Å². The van der Waals surface area contributed by atoms with Crippen LogP contribution in [0.4, 0.5) is 0 Å². The van der Waals surface area contributed by atoms with Gasteiger partial charge in [0, 0.05) is 15.9 Å². The molecule has 0 saturated heterocycles. The first-order chi connectivity index (χ1) is 9.19. The minimum atomic E-state index is -3.06. The highest BCUT2D eigenvalue weighted by atomic mass is 127. The van der Waals surface area contributed by atoms with Crippen LogP contribution in [0.3, 0.4) is 0 Å². The highest BCUT2D eigenvalue weighted by Crippen LogP contribution is 2.29. The van der Waals surface area contributed by atoms with Gasteiger partial charge >= 0.3 is 0 Å². The van der Waals surface area contributed by atoms with Crippen LogP contribution in [-0.2, 0) is 9.84 Å². The van der Waals surface area contributed by atoms with Crippen LogP contribution in [0.2, 0.25) is 0 Å². The lowest BCUT2D eigenvalue weighted by atomic mass is 10.3. The first-order valence-corrected chi connectivity index (χ1v) is 9.76. The second-order valence-electron chi connectivity index (χ2n) is 5.03. The lowest BCUT2D eigenvalue weighted by molar-refractivity contribution is 0.555. The Labute approximate surface area is 137 Å². The Morgan fingerprint density at radius 3 is 2.60 bits per heavy atom. The van der Waals surface area contributed by atoms with Gasteiger partial charge in [0.15, 0.2) is 0 Å². The van der Waals surface area contributed by atoms with Crippen molar-refractivity contribution in [3.63, 3.8) is 0 Å². The quantitative estimate of drug-likeness (QED) is 0.555. The second kappa shape index (κ2) is 5.81. The topological polar surface area (TPSA) is 52.0 Å². The van der Waals surface area contributed by atoms with Gasteiger partial charge in [0.1, 0.15) is 15.7 Å². The summed E-state index contributed by atoms with van der Waals surface area (Å²) in [7, 11) is -3.06. The maximum absolute atomic E-state index is 11.5. The molecule has 0 saturated carbocycles. The fraction of sp³-hybridized carbons (Fsp3) is 0.462. The number of sulfone groups is 1. The molecular formula is C13H16ClIN2O2S. The summed E-state index contributed by atoms with van der Waals surface area (Å²) in [5.74, 6) is 0.779. The van der Waals surface area contributed by atoms with E-state index in [0.29, 0.717) is 5.82 Å². The highest BCUT2D eigenvalue weighted by molar-refractivity contribution is 14.1. The van der Waals surface area contributed by atoms with E-state index in [9.17, 15) is 8.42 Å². The molecule has 110 valence electrons. The molecule has 2 rings (SSSR count). The monoisotopic (exact) mass is 426 g/mol. The lowest BCUT2D eigenvalue weighted by Gasteiger charge is -2.17. The van der Waals surface area contributed by atoms with Crippen molar-refractivity contribution < 1.29 is 8.42 Å². The summed E-state index contributed by atoms with van der Waals surface area (Å²) in [6, 6.07) is 5.72. The van der Waals surface area contributed by atoms with Gasteiger partial charge in [-0.15, -0.1) is 11.6 Å². The molecule has 1 heterocycles. The lowest BCUT2D eigenvalue weighted by Crippen LogP contribution is -2.18. The summed E-state index contributed by atoms with van der Waals surface area (Å²) in [6.45, 7) is 3.72. The van der Waals surface area contributed by atoms with E-state index in [1.807, 2.05) is 36.6 Å². The summed E-state index contributed by atoms with van der Waals surface area (Å²) in [5, 5.41) is -0.276. The Balaban J connectivity index is 2.62. The molecule has 0 fully saturated rings. The zero-order valence-corrected chi connectivity index (χ0v) is 15.2. The van der Waals surface area contributed by atoms with Crippen molar-refractivity contribution in [1.82, 2.24) is 9.55 Å². The van der Waals surface area contributed by atoms with Gasteiger partial charge in [0.05, 0.1) is 22.2 Å². The predicted molar refractivity (Wildman–Crippen MR) is 91.1 cm³/mol. The summed E-state index contributed by atoms with van der Waals surface area (Å²) in [6.07, 6.45) is 1.25. The van der Waals surface area contributed by atoms with Gasteiger partial charge in [0.25, 0.3) is 0 Å². The number of benzene rings is 1. The number of imidazole rings is 1. The third kappa shape index (κ3) is 3.46. The molecule has 4 nitrogen and oxygen atoms in total. The van der Waals surface area contributed by atoms with Crippen molar-refractivity contribution in [3.8, 4) is 0 Å². The van der Waals surface area contributed by atoms with E-state index in [4.69, 9.17) is 11.6 Å². The molecule has 2 atom stereocenters. The number of hydrogen-bond donors (Lipinski definition) is 0. The SMILES string of the molecule is CC(Cl)c1nc2cc(I)ccc2n1C(C)CS(C)(=O)=O. The summed E-state index contributed by atoms with van der Waals surface area (Å²) < 4.78 is 26.1. The predicted octanol–water partition coefficient (Wildman–Crippen LogP) is 3.55. The van der Waals surface area contributed by atoms with Crippen molar-refractivity contribution in [2.75, 3.05) is 12.0 Å². The number of aromatic nitrogens is 2. The molecule has 7 heteroatoms. The van der Waals surface area contributed by atoms with E-state index in [0.717, 1.165) is 14.6 Å². The molecule has 0 amide bonds. The molecule has 0 spiro atoms. The minimum Gasteiger partial charge on any atom is -0.323 e. The zero-order valence-electron chi connectivity index (χ0n) is 11.5. The fourth-order valence-electron chi connectivity index (χ4n) is 2.35. The van der Waals surface area contributed by atoms with Gasteiger partial charge < -0.3 is 4.57 Å². The zero-order chi connectivity index (χ0) is 15.1. The van der Waals surface area contributed by atoms with Crippen LogP contribution >= 0.6 is 34.2 Å². The van der Waals surface area contributed by atoms with E-state index in [2.05, 4.69) is 27.6 Å². The highest BCUT2D eigenvalue weighted by Gasteiger charge is 2.21. The Kier molecular flexibility index (Phi) is 4.66. The number of alkyl halides is 1. The molecule has 1 aromatic heterocycles. The molecule has 0 aliphatic rings. The average Bonchev–Trinajstić information content (AvgIpc) is 2.64. The van der Waals surface area contributed by atoms with Gasteiger partial charge in [0.2, 0.25) is 0 Å². The molecule has 0 N–H and O–H groups in total. The molecule has 2 aromatic rings. The minimum absolute atomic E-state index is 0.0705. The Bertz CT molecular complexity index is 740. The van der Waals surface area contributed by atoms with Crippen LogP contribution in [-0.4, -0.2) is 30.0 Å². The largest absolute Gasteiger partial charge is 0.323 e. The Morgan fingerprint density at radius 1 is 1.40 bits per heavy atom. The van der Waals surface area contributed by atoms with Crippen LogP contribution < -0.4 is 0 Å². The standard InChI is InChI=1S/C13H16ClIN2O2S/c1-8(7-20(3,18)19)17-12-5-4-10(15)6-11(12)16-13(17)9(2)14/h4-6,8-9H,7H2,1-3H3. The second-order valence-corrected chi connectivity index (χ2v) is 9.12. The third-order valence-electron chi connectivity index (χ3n) is 3.02. The van der Waals surface area contributed by atoms with Gasteiger partial charge in [-0.05, 0) is 54.6 Å². The summed E-state index contributed by atoms with van der Waals surface area (Å²) in [4.78, 5) is 4.56. The molecule has 0 bridgehead atoms. The molecule has 0 aliphatic heterocycles. The number of nitrogens with zero attached hydrogens (tertiary/aromatic N) is 2. The Morgan fingerprint density at radius 2 is 2.05 bits per heavy atom. The fourth-order valence-corrected chi connectivity index (χ4v) is 4.00. The summed E-state index contributed by atoms with van der Waals surface area (Å²) in [5.41, 5.74) is 1.77. The summed E-state index contributed by atoms with van der Waals surface area (Å²) >= 11 is 8.43. The van der Waals surface area contributed by atoms with Gasteiger partial charge in [-0.3, -0.25) is 0 Å². The Hall–Kier alpha value is -0.340. The molecule has 2 unspecified atom stereocenters. The average molecular weight is 427 g/mol. The van der Waals surface area contributed by atoms with E-state index < -0.39 is 9.84 Å². The van der Waals surface area contributed by atoms with Gasteiger partial charge in [-0.2, -0.15) is 0 Å². The number of fused-ring (bicyclic) bond motifs is 1. The molecule has 0 aliphatic carbocycles. The van der Waals surface area contributed by atoms with Crippen molar-refractivity contribution in [1.29, 1.82) is 0 Å². The maximum Gasteiger partial charge on any atom is 0.149 e. The first-order valence-electron chi connectivity index (χ1n) is 6.18. The first kappa shape index (κ1) is 16.0. The molecule has 1 aromatic carbocycles. The normalized spacial score (nSPS) is 15.4.